The molecule has 0 aromatic heterocycles. The Bertz CT molecular complexity index is 763. The lowest BCUT2D eigenvalue weighted by molar-refractivity contribution is -0.279. The zero-order valence-corrected chi connectivity index (χ0v) is 20.4. The highest BCUT2D eigenvalue weighted by molar-refractivity contribution is 5.19. The smallest absolute Gasteiger partial charge is 0.171 e. The molecule has 0 bridgehead atoms. The van der Waals surface area contributed by atoms with Gasteiger partial charge in [-0.25, -0.2) is 0 Å². The highest BCUT2D eigenvalue weighted by atomic mass is 16.7. The molecule has 6 rings (SSSR count). The molecule has 0 aromatic rings. The minimum Gasteiger partial charge on any atom is -0.393 e. The van der Waals surface area contributed by atoms with E-state index in [0.717, 1.165) is 38.7 Å². The topological polar surface area (TPSA) is 79.2 Å². The summed E-state index contributed by atoms with van der Waals surface area (Å²) in [6, 6.07) is 0. The van der Waals surface area contributed by atoms with Crippen LogP contribution in [0.4, 0.5) is 0 Å². The molecule has 3 N–H and O–H groups in total. The highest BCUT2D eigenvalue weighted by Gasteiger charge is 2.71. The van der Waals surface area contributed by atoms with Crippen molar-refractivity contribution in [2.75, 3.05) is 6.61 Å². The Balaban J connectivity index is 1.30. The monoisotopic (exact) mass is 448 g/mol. The number of aliphatic hydroxyl groups is 3. The summed E-state index contributed by atoms with van der Waals surface area (Å²) in [6.45, 7) is 10.2. The SMILES string of the molecule is C[C@@H]1CC[C@@]2(OC1)O[C@H]1C[C@H]3[C@@H]4C[C@@H](O)[C@@]5(O)C[C@@H](O)CC[C@]5(C)[C@H]4CC[C@]3(C)[C@H]1[C@@H]2C. The van der Waals surface area contributed by atoms with Crippen molar-refractivity contribution in [3.05, 3.63) is 0 Å². The number of rotatable bonds is 0. The number of aliphatic hydroxyl groups excluding tert-OH is 2. The average molecular weight is 449 g/mol. The zero-order chi connectivity index (χ0) is 22.7. The second-order valence-electron chi connectivity index (χ2n) is 13.4. The van der Waals surface area contributed by atoms with E-state index >= 15 is 0 Å². The van der Waals surface area contributed by atoms with Gasteiger partial charge in [-0.3, -0.25) is 0 Å². The van der Waals surface area contributed by atoms with Gasteiger partial charge in [-0.2, -0.15) is 0 Å². The number of hydrogen-bond donors (Lipinski definition) is 3. The van der Waals surface area contributed by atoms with E-state index < -0.39 is 17.8 Å². The summed E-state index contributed by atoms with van der Waals surface area (Å²) in [4.78, 5) is 0. The molecule has 5 heteroatoms. The van der Waals surface area contributed by atoms with Crippen LogP contribution in [-0.4, -0.2) is 51.6 Å². The Labute approximate surface area is 193 Å². The van der Waals surface area contributed by atoms with Crippen LogP contribution in [0.2, 0.25) is 0 Å². The maximum atomic E-state index is 11.7. The van der Waals surface area contributed by atoms with E-state index in [4.69, 9.17) is 9.47 Å². The molecule has 0 aromatic carbocycles. The fourth-order valence-corrected chi connectivity index (χ4v) is 10.3. The van der Waals surface area contributed by atoms with Gasteiger partial charge in [-0.05, 0) is 80.0 Å². The molecular weight excluding hydrogens is 404 g/mol. The molecule has 6 fully saturated rings. The van der Waals surface area contributed by atoms with Gasteiger partial charge < -0.3 is 24.8 Å². The summed E-state index contributed by atoms with van der Waals surface area (Å²) < 4.78 is 13.3. The second-order valence-corrected chi connectivity index (χ2v) is 13.4. The van der Waals surface area contributed by atoms with E-state index in [1.54, 1.807) is 0 Å². The Kier molecular flexibility index (Phi) is 4.83. The van der Waals surface area contributed by atoms with Gasteiger partial charge in [0.1, 0.15) is 0 Å². The molecule has 6 aliphatic rings. The first-order chi connectivity index (χ1) is 15.0. The maximum absolute atomic E-state index is 11.7. The van der Waals surface area contributed by atoms with Crippen molar-refractivity contribution >= 4 is 0 Å². The summed E-state index contributed by atoms with van der Waals surface area (Å²) in [7, 11) is 0. The van der Waals surface area contributed by atoms with Gasteiger partial charge in [0.05, 0.1) is 30.5 Å². The van der Waals surface area contributed by atoms with Gasteiger partial charge in [0, 0.05) is 24.2 Å². The molecule has 4 aliphatic carbocycles. The molecule has 0 radical (unpaired) electrons. The summed E-state index contributed by atoms with van der Waals surface area (Å²) in [6.07, 6.45) is 7.08. The van der Waals surface area contributed by atoms with Gasteiger partial charge in [-0.1, -0.05) is 27.7 Å². The van der Waals surface area contributed by atoms with Crippen molar-refractivity contribution < 1.29 is 24.8 Å². The van der Waals surface area contributed by atoms with E-state index in [2.05, 4.69) is 27.7 Å². The molecule has 32 heavy (non-hydrogen) atoms. The van der Waals surface area contributed by atoms with Crippen LogP contribution in [0.25, 0.3) is 0 Å². The first-order valence-electron chi connectivity index (χ1n) is 13.4. The third-order valence-corrected chi connectivity index (χ3v) is 12.1. The second kappa shape index (κ2) is 6.94. The van der Waals surface area contributed by atoms with Crippen molar-refractivity contribution in [1.29, 1.82) is 0 Å². The summed E-state index contributed by atoms with van der Waals surface area (Å²) in [5.41, 5.74) is -1.26. The molecule has 182 valence electrons. The van der Waals surface area contributed by atoms with Gasteiger partial charge in [0.2, 0.25) is 0 Å². The van der Waals surface area contributed by atoms with Crippen molar-refractivity contribution in [2.24, 2.45) is 46.3 Å². The highest BCUT2D eigenvalue weighted by Crippen LogP contribution is 2.71. The Morgan fingerprint density at radius 1 is 0.906 bits per heavy atom. The molecular formula is C27H44O5. The molecule has 5 nitrogen and oxygen atoms in total. The van der Waals surface area contributed by atoms with Crippen molar-refractivity contribution in [2.45, 2.75) is 115 Å². The van der Waals surface area contributed by atoms with Crippen LogP contribution in [0.5, 0.6) is 0 Å². The minimum atomic E-state index is -1.16. The third kappa shape index (κ3) is 2.64. The minimum absolute atomic E-state index is 0.209. The summed E-state index contributed by atoms with van der Waals surface area (Å²) >= 11 is 0. The van der Waals surface area contributed by atoms with Crippen LogP contribution in [-0.2, 0) is 9.47 Å². The lowest BCUT2D eigenvalue weighted by atomic mass is 9.42. The van der Waals surface area contributed by atoms with E-state index in [0.29, 0.717) is 48.3 Å². The van der Waals surface area contributed by atoms with Crippen molar-refractivity contribution in [3.63, 3.8) is 0 Å². The predicted molar refractivity (Wildman–Crippen MR) is 121 cm³/mol. The average Bonchev–Trinajstić information content (AvgIpc) is 3.18. The van der Waals surface area contributed by atoms with E-state index in [-0.39, 0.29) is 22.7 Å². The molecule has 2 heterocycles. The Hall–Kier alpha value is -0.200. The summed E-state index contributed by atoms with van der Waals surface area (Å²) in [5, 5.41) is 33.2. The van der Waals surface area contributed by atoms with Gasteiger partial charge in [-0.15, -0.1) is 0 Å². The lowest BCUT2D eigenvalue weighted by Crippen LogP contribution is -2.68. The fraction of sp³-hybridized carbons (Fsp3) is 1.00. The Morgan fingerprint density at radius 3 is 2.41 bits per heavy atom. The standard InChI is InChI=1S/C27H44O5/c1-15-5-10-27(31-14-15)16(2)23-21(32-27)12-20-18-11-22(29)26(30)13-17(28)6-9-25(26,4)19(18)7-8-24(20,23)3/h15-23,28-30H,5-14H2,1-4H3/t15-,16+,17+,18-,19+,20+,21+,22-,23+,24+,25-,26+,27-/m1/s1. The van der Waals surface area contributed by atoms with Crippen LogP contribution in [0, 0.1) is 46.3 Å². The van der Waals surface area contributed by atoms with Crippen LogP contribution in [0.15, 0.2) is 0 Å². The lowest BCUT2D eigenvalue weighted by Gasteiger charge is -2.65. The molecule has 1 spiro atoms. The normalized spacial score (nSPS) is 64.0. The largest absolute Gasteiger partial charge is 0.393 e. The first kappa shape index (κ1) is 22.3. The molecule has 2 saturated heterocycles. The predicted octanol–water partition coefficient (Wildman–Crippen LogP) is 3.88. The van der Waals surface area contributed by atoms with Gasteiger partial charge >= 0.3 is 0 Å². The number of fused-ring (bicyclic) bond motifs is 7. The van der Waals surface area contributed by atoms with Crippen molar-refractivity contribution in [1.82, 2.24) is 0 Å². The van der Waals surface area contributed by atoms with E-state index in [9.17, 15) is 15.3 Å². The molecule has 0 unspecified atom stereocenters. The fourth-order valence-electron chi connectivity index (χ4n) is 10.3. The Morgan fingerprint density at radius 2 is 1.69 bits per heavy atom. The van der Waals surface area contributed by atoms with Crippen LogP contribution >= 0.6 is 0 Å². The number of hydrogen-bond acceptors (Lipinski definition) is 5. The van der Waals surface area contributed by atoms with Gasteiger partial charge in [0.25, 0.3) is 0 Å². The number of ether oxygens (including phenoxy) is 2. The van der Waals surface area contributed by atoms with Crippen molar-refractivity contribution in [3.8, 4) is 0 Å². The van der Waals surface area contributed by atoms with Crippen LogP contribution < -0.4 is 0 Å². The van der Waals surface area contributed by atoms with E-state index in [1.165, 1.54) is 12.8 Å². The zero-order valence-electron chi connectivity index (χ0n) is 20.4. The first-order valence-corrected chi connectivity index (χ1v) is 13.4. The van der Waals surface area contributed by atoms with Crippen LogP contribution in [0.1, 0.15) is 85.5 Å². The van der Waals surface area contributed by atoms with Crippen LogP contribution in [0.3, 0.4) is 0 Å². The molecule has 2 aliphatic heterocycles. The van der Waals surface area contributed by atoms with E-state index in [1.807, 2.05) is 0 Å². The molecule has 0 amide bonds. The summed E-state index contributed by atoms with van der Waals surface area (Å²) in [5.74, 6) is 2.52. The quantitative estimate of drug-likeness (QED) is 0.524. The van der Waals surface area contributed by atoms with Gasteiger partial charge in [0.15, 0.2) is 5.79 Å². The molecule has 4 saturated carbocycles. The molecule has 13 atom stereocenters. The maximum Gasteiger partial charge on any atom is 0.171 e. The third-order valence-electron chi connectivity index (χ3n) is 12.1.